The van der Waals surface area contributed by atoms with E-state index in [9.17, 15) is 14.4 Å². The lowest BCUT2D eigenvalue weighted by atomic mass is 9.88. The van der Waals surface area contributed by atoms with Gasteiger partial charge in [0.25, 0.3) is 5.91 Å². The molecule has 0 aromatic heterocycles. The number of rotatable bonds is 8. The zero-order valence-electron chi connectivity index (χ0n) is 21.0. The Labute approximate surface area is 202 Å². The van der Waals surface area contributed by atoms with Gasteiger partial charge in [0.05, 0.1) is 14.2 Å². The molecule has 3 amide bonds. The molecule has 1 aromatic rings. The van der Waals surface area contributed by atoms with E-state index in [-0.39, 0.29) is 29.2 Å². The van der Waals surface area contributed by atoms with Gasteiger partial charge in [-0.2, -0.15) is 0 Å². The van der Waals surface area contributed by atoms with Gasteiger partial charge in [-0.3, -0.25) is 14.4 Å². The highest BCUT2D eigenvalue weighted by Gasteiger charge is 2.35. The fraction of sp³-hybridized carbons (Fsp3) is 0.654. The molecule has 0 bridgehead atoms. The molecule has 34 heavy (non-hydrogen) atoms. The van der Waals surface area contributed by atoms with E-state index in [4.69, 9.17) is 9.47 Å². The number of hydrogen-bond acceptors (Lipinski definition) is 5. The molecule has 2 unspecified atom stereocenters. The van der Waals surface area contributed by atoms with Gasteiger partial charge >= 0.3 is 0 Å². The molecular weight excluding hydrogens is 434 g/mol. The summed E-state index contributed by atoms with van der Waals surface area (Å²) in [5.74, 6) is 0.587. The SMILES string of the molecule is CCC(C)C(NC(=O)c1c(OC)cccc1OC)C(=O)N1CCN(C(=O)C2CCCCC2)CC1. The van der Waals surface area contributed by atoms with Crippen LogP contribution in [0.4, 0.5) is 0 Å². The lowest BCUT2D eigenvalue weighted by molar-refractivity contribution is -0.144. The Morgan fingerprint density at radius 2 is 1.53 bits per heavy atom. The third-order valence-corrected chi connectivity index (χ3v) is 7.28. The molecule has 8 heteroatoms. The van der Waals surface area contributed by atoms with Crippen LogP contribution in [-0.2, 0) is 9.59 Å². The minimum absolute atomic E-state index is 0.0564. The van der Waals surface area contributed by atoms with Crippen molar-refractivity contribution in [1.82, 2.24) is 15.1 Å². The van der Waals surface area contributed by atoms with Crippen molar-refractivity contribution < 1.29 is 23.9 Å². The minimum Gasteiger partial charge on any atom is -0.496 e. The number of nitrogens with zero attached hydrogens (tertiary/aromatic N) is 2. The highest BCUT2D eigenvalue weighted by atomic mass is 16.5. The molecule has 1 aliphatic heterocycles. The fourth-order valence-electron chi connectivity index (χ4n) is 4.92. The van der Waals surface area contributed by atoms with Crippen molar-refractivity contribution in [1.29, 1.82) is 0 Å². The van der Waals surface area contributed by atoms with Gasteiger partial charge in [-0.1, -0.05) is 45.6 Å². The third-order valence-electron chi connectivity index (χ3n) is 7.28. The van der Waals surface area contributed by atoms with Gasteiger partial charge < -0.3 is 24.6 Å². The maximum atomic E-state index is 13.5. The Hall–Kier alpha value is -2.77. The first-order chi connectivity index (χ1) is 16.4. The second-order valence-corrected chi connectivity index (χ2v) is 9.36. The number of carbonyl (C=O) groups excluding carboxylic acids is 3. The second-order valence-electron chi connectivity index (χ2n) is 9.36. The van der Waals surface area contributed by atoms with Crippen LogP contribution < -0.4 is 14.8 Å². The molecule has 1 aromatic carbocycles. The van der Waals surface area contributed by atoms with Crippen LogP contribution in [0.25, 0.3) is 0 Å². The van der Waals surface area contributed by atoms with Gasteiger partial charge in [0.15, 0.2) is 0 Å². The number of piperazine rings is 1. The van der Waals surface area contributed by atoms with E-state index >= 15 is 0 Å². The maximum Gasteiger partial charge on any atom is 0.259 e. The highest BCUT2D eigenvalue weighted by Crippen LogP contribution is 2.29. The number of benzene rings is 1. The first kappa shape index (κ1) is 25.8. The van der Waals surface area contributed by atoms with Crippen LogP contribution in [0.3, 0.4) is 0 Å². The number of carbonyl (C=O) groups is 3. The van der Waals surface area contributed by atoms with Crippen LogP contribution in [0, 0.1) is 11.8 Å². The average Bonchev–Trinajstić information content (AvgIpc) is 2.90. The summed E-state index contributed by atoms with van der Waals surface area (Å²) in [6.07, 6.45) is 6.17. The Kier molecular flexibility index (Phi) is 9.19. The first-order valence-corrected chi connectivity index (χ1v) is 12.5. The van der Waals surface area contributed by atoms with Gasteiger partial charge in [-0.15, -0.1) is 0 Å². The molecule has 2 fully saturated rings. The number of amides is 3. The number of methoxy groups -OCH3 is 2. The van der Waals surface area contributed by atoms with E-state index < -0.39 is 11.9 Å². The predicted molar refractivity (Wildman–Crippen MR) is 130 cm³/mol. The second kappa shape index (κ2) is 12.1. The summed E-state index contributed by atoms with van der Waals surface area (Å²) in [7, 11) is 2.99. The molecule has 0 spiro atoms. The number of ether oxygens (including phenoxy) is 2. The average molecular weight is 474 g/mol. The lowest BCUT2D eigenvalue weighted by Gasteiger charge is -2.39. The predicted octanol–water partition coefficient (Wildman–Crippen LogP) is 3.10. The molecule has 2 aliphatic rings. The molecule has 188 valence electrons. The van der Waals surface area contributed by atoms with E-state index in [1.165, 1.54) is 20.6 Å². The van der Waals surface area contributed by atoms with Crippen LogP contribution in [0.2, 0.25) is 0 Å². The molecule has 3 rings (SSSR count). The molecule has 8 nitrogen and oxygen atoms in total. The number of hydrogen-bond donors (Lipinski definition) is 1. The zero-order valence-corrected chi connectivity index (χ0v) is 21.0. The van der Waals surface area contributed by atoms with Crippen LogP contribution >= 0.6 is 0 Å². The topological polar surface area (TPSA) is 88.2 Å². The van der Waals surface area contributed by atoms with Crippen molar-refractivity contribution in [3.63, 3.8) is 0 Å². The Morgan fingerprint density at radius 1 is 0.971 bits per heavy atom. The van der Waals surface area contributed by atoms with Crippen LogP contribution in [0.1, 0.15) is 62.7 Å². The first-order valence-electron chi connectivity index (χ1n) is 12.5. The largest absolute Gasteiger partial charge is 0.496 e. The summed E-state index contributed by atoms with van der Waals surface area (Å²) in [5.41, 5.74) is 0.275. The summed E-state index contributed by atoms with van der Waals surface area (Å²) < 4.78 is 10.7. The standard InChI is InChI=1S/C26H39N3O5/c1-5-18(2)23(27-24(30)22-20(33-3)12-9-13-21(22)34-4)26(32)29-16-14-28(15-17-29)25(31)19-10-7-6-8-11-19/h9,12-13,18-19,23H,5-8,10-11,14-17H2,1-4H3,(H,27,30). The molecule has 1 heterocycles. The third kappa shape index (κ3) is 5.83. The van der Waals surface area contributed by atoms with Gasteiger partial charge in [0.1, 0.15) is 23.1 Å². The lowest BCUT2D eigenvalue weighted by Crippen LogP contribution is -2.58. The minimum atomic E-state index is -0.673. The molecule has 1 saturated carbocycles. The normalized spacial score (nSPS) is 18.7. The Bertz CT molecular complexity index is 838. The zero-order chi connectivity index (χ0) is 24.7. The van der Waals surface area contributed by atoms with Crippen LogP contribution in [-0.4, -0.2) is 74.0 Å². The summed E-state index contributed by atoms with van der Waals surface area (Å²) in [4.78, 5) is 43.3. The molecule has 2 atom stereocenters. The van der Waals surface area contributed by atoms with Gasteiger partial charge in [0.2, 0.25) is 11.8 Å². The maximum absolute atomic E-state index is 13.5. The van der Waals surface area contributed by atoms with Crippen molar-refractivity contribution in [2.75, 3.05) is 40.4 Å². The van der Waals surface area contributed by atoms with E-state index in [0.29, 0.717) is 37.7 Å². The van der Waals surface area contributed by atoms with Crippen molar-refractivity contribution in [3.05, 3.63) is 23.8 Å². The summed E-state index contributed by atoms with van der Waals surface area (Å²) >= 11 is 0. The van der Waals surface area contributed by atoms with Crippen LogP contribution in [0.5, 0.6) is 11.5 Å². The van der Waals surface area contributed by atoms with Crippen molar-refractivity contribution >= 4 is 17.7 Å². The quantitative estimate of drug-likeness (QED) is 0.627. The van der Waals surface area contributed by atoms with Crippen molar-refractivity contribution in [3.8, 4) is 11.5 Å². The molecular formula is C26H39N3O5. The Morgan fingerprint density at radius 3 is 2.06 bits per heavy atom. The van der Waals surface area contributed by atoms with E-state index in [0.717, 1.165) is 32.1 Å². The van der Waals surface area contributed by atoms with Crippen molar-refractivity contribution in [2.45, 2.75) is 58.4 Å². The van der Waals surface area contributed by atoms with Crippen molar-refractivity contribution in [2.24, 2.45) is 11.8 Å². The van der Waals surface area contributed by atoms with E-state index in [1.807, 2.05) is 18.7 Å². The summed E-state index contributed by atoms with van der Waals surface area (Å²) in [6, 6.07) is 4.47. The molecule has 1 N–H and O–H groups in total. The molecule has 0 radical (unpaired) electrons. The monoisotopic (exact) mass is 473 g/mol. The van der Waals surface area contributed by atoms with Gasteiger partial charge in [-0.25, -0.2) is 0 Å². The molecule has 1 saturated heterocycles. The van der Waals surface area contributed by atoms with Gasteiger partial charge in [-0.05, 0) is 30.9 Å². The smallest absolute Gasteiger partial charge is 0.259 e. The number of nitrogens with one attached hydrogen (secondary N) is 1. The van der Waals surface area contributed by atoms with E-state index in [2.05, 4.69) is 5.32 Å². The highest BCUT2D eigenvalue weighted by molar-refractivity contribution is 6.02. The van der Waals surface area contributed by atoms with Gasteiger partial charge in [0, 0.05) is 32.1 Å². The fourth-order valence-corrected chi connectivity index (χ4v) is 4.92. The van der Waals surface area contributed by atoms with Crippen LogP contribution in [0.15, 0.2) is 18.2 Å². The summed E-state index contributed by atoms with van der Waals surface area (Å²) in [6.45, 7) is 6.02. The molecule has 1 aliphatic carbocycles. The van der Waals surface area contributed by atoms with E-state index in [1.54, 1.807) is 23.1 Å². The summed E-state index contributed by atoms with van der Waals surface area (Å²) in [5, 5.41) is 2.95. The Balaban J connectivity index is 1.67.